The van der Waals surface area contributed by atoms with Crippen molar-refractivity contribution in [1.29, 1.82) is 0 Å². The Balaban J connectivity index is 1.34. The molecule has 5 rings (SSSR count). The molecule has 0 bridgehead atoms. The normalized spacial score (nSPS) is 53.2. The Bertz CT molecular complexity index is 1200. The number of aliphatic hydroxyl groups excluding tert-OH is 17. The zero-order valence-electron chi connectivity index (χ0n) is 29.2. The molecule has 26 nitrogen and oxygen atoms in total. The lowest BCUT2D eigenvalue weighted by molar-refractivity contribution is -0.385. The maximum atomic E-state index is 11.4. The molecule has 5 fully saturated rings. The second-order valence-electron chi connectivity index (χ2n) is 14.0. The van der Waals surface area contributed by atoms with Crippen LogP contribution in [0.1, 0.15) is 0 Å². The summed E-state index contributed by atoms with van der Waals surface area (Å²) in [5.74, 6) is 0. The van der Waals surface area contributed by atoms with Crippen molar-refractivity contribution in [3.05, 3.63) is 0 Å². The van der Waals surface area contributed by atoms with Crippen LogP contribution in [0.15, 0.2) is 0 Å². The van der Waals surface area contributed by atoms with Gasteiger partial charge in [0.1, 0.15) is 122 Å². The minimum absolute atomic E-state index is 0.765. The molecule has 0 unspecified atom stereocenters. The molecule has 0 aliphatic carbocycles. The summed E-state index contributed by atoms with van der Waals surface area (Å²) in [6, 6.07) is 0. The molecule has 0 spiro atoms. The van der Waals surface area contributed by atoms with Crippen molar-refractivity contribution in [2.45, 2.75) is 154 Å². The first-order chi connectivity index (χ1) is 26.4. The summed E-state index contributed by atoms with van der Waals surface area (Å²) in [6.45, 7) is -4.09. The van der Waals surface area contributed by atoms with Crippen LogP contribution in [0.25, 0.3) is 0 Å². The van der Waals surface area contributed by atoms with Crippen molar-refractivity contribution in [2.24, 2.45) is 0 Å². The fourth-order valence-corrected chi connectivity index (χ4v) is 6.81. The standard InChI is InChI=1S/C30H52O26/c31-1-6-11(34)16(39)19(42)27(51-6)48-4-9-14(37)24(22(45)26(47)50-9)55-30-23(46)25(56-29-21(44)18(41)13(36)8(3-33)53-29)15(38)10(54-30)5-49-28-20(43)17(40)12(35)7(2-32)52-28/h6-47H,1-5H2/t6-,7-,8-,9-,10-,11-,12-,13-,14-,15-,16+,17+,18+,19+,20+,21-,22-,23-,24+,25+,26+,27+,28+,29-,30-/m1/s1. The molecule has 0 radical (unpaired) electrons. The van der Waals surface area contributed by atoms with Crippen LogP contribution in [-0.4, -0.2) is 273 Å². The van der Waals surface area contributed by atoms with E-state index in [1.807, 2.05) is 0 Å². The minimum atomic E-state index is -2.18. The Labute approximate surface area is 316 Å². The van der Waals surface area contributed by atoms with Crippen molar-refractivity contribution < 1.29 is 129 Å². The van der Waals surface area contributed by atoms with Gasteiger partial charge >= 0.3 is 0 Å². The third kappa shape index (κ3) is 9.46. The van der Waals surface area contributed by atoms with E-state index >= 15 is 0 Å². The molecule has 5 saturated heterocycles. The molecule has 0 aromatic carbocycles. The van der Waals surface area contributed by atoms with Gasteiger partial charge in [-0.25, -0.2) is 0 Å². The topological polar surface area (TPSA) is 427 Å². The van der Waals surface area contributed by atoms with Gasteiger partial charge in [-0.2, -0.15) is 0 Å². The van der Waals surface area contributed by atoms with Gasteiger partial charge in [0, 0.05) is 0 Å². The fraction of sp³-hybridized carbons (Fsp3) is 1.00. The number of aliphatic hydroxyl groups is 17. The lowest BCUT2D eigenvalue weighted by Gasteiger charge is -2.48. The molecule has 0 amide bonds. The lowest BCUT2D eigenvalue weighted by atomic mass is 9.95. The molecule has 0 aromatic heterocycles. The van der Waals surface area contributed by atoms with Crippen LogP contribution in [0.4, 0.5) is 0 Å². The van der Waals surface area contributed by atoms with Crippen molar-refractivity contribution in [1.82, 2.24) is 0 Å². The van der Waals surface area contributed by atoms with Gasteiger partial charge in [0.15, 0.2) is 31.5 Å². The van der Waals surface area contributed by atoms with Gasteiger partial charge in [0.05, 0.1) is 33.0 Å². The van der Waals surface area contributed by atoms with Crippen LogP contribution in [0.2, 0.25) is 0 Å². The smallest absolute Gasteiger partial charge is 0.187 e. The number of rotatable bonds is 13. The summed E-state index contributed by atoms with van der Waals surface area (Å²) in [7, 11) is 0. The largest absolute Gasteiger partial charge is 0.394 e. The van der Waals surface area contributed by atoms with E-state index in [1.54, 1.807) is 0 Å². The summed E-state index contributed by atoms with van der Waals surface area (Å²) in [5.41, 5.74) is 0. The fourth-order valence-electron chi connectivity index (χ4n) is 6.81. The lowest BCUT2D eigenvalue weighted by Crippen LogP contribution is -2.67. The van der Waals surface area contributed by atoms with Crippen LogP contribution in [0, 0.1) is 0 Å². The SMILES string of the molecule is OC[C@H]1O[C@H](OC[C@H]2O[C@H](O)[C@H](O)[C@@H](O[C@H]3O[C@H](CO[C@H]4O[C@H](CO)[C@@H](O)[C@H](O)[C@@H]4O)[C@@H](O)[C@H](O[C@H]4O[C@H](CO)[C@@H](O)[C@H](O)[C@H]4O)[C@H]3O)[C@@H]2O)[C@@H](O)[C@@H](O)[C@@H]1O. The Hall–Kier alpha value is -1.04. The predicted molar refractivity (Wildman–Crippen MR) is 167 cm³/mol. The monoisotopic (exact) mass is 828 g/mol. The molecule has 26 heteroatoms. The molecule has 25 atom stereocenters. The zero-order valence-corrected chi connectivity index (χ0v) is 29.2. The van der Waals surface area contributed by atoms with Crippen LogP contribution >= 0.6 is 0 Å². The Morgan fingerprint density at radius 3 is 1.04 bits per heavy atom. The number of hydrogen-bond acceptors (Lipinski definition) is 26. The third-order valence-corrected chi connectivity index (χ3v) is 10.3. The maximum Gasteiger partial charge on any atom is 0.187 e. The molecule has 328 valence electrons. The first-order valence-electron chi connectivity index (χ1n) is 17.6. The highest BCUT2D eigenvalue weighted by Crippen LogP contribution is 2.34. The highest BCUT2D eigenvalue weighted by Gasteiger charge is 2.55. The van der Waals surface area contributed by atoms with Gasteiger partial charge in [0.25, 0.3) is 0 Å². The van der Waals surface area contributed by atoms with Crippen molar-refractivity contribution in [2.75, 3.05) is 33.0 Å². The zero-order chi connectivity index (χ0) is 41.3. The van der Waals surface area contributed by atoms with Crippen LogP contribution < -0.4 is 0 Å². The molecule has 5 aliphatic rings. The summed E-state index contributed by atoms with van der Waals surface area (Å²) < 4.78 is 49.0. The van der Waals surface area contributed by atoms with Gasteiger partial charge in [-0.05, 0) is 0 Å². The Morgan fingerprint density at radius 2 is 0.625 bits per heavy atom. The molecular weight excluding hydrogens is 776 g/mol. The van der Waals surface area contributed by atoms with E-state index in [0.29, 0.717) is 0 Å². The van der Waals surface area contributed by atoms with E-state index in [9.17, 15) is 86.8 Å². The van der Waals surface area contributed by atoms with Crippen LogP contribution in [0.5, 0.6) is 0 Å². The highest BCUT2D eigenvalue weighted by atomic mass is 16.8. The maximum absolute atomic E-state index is 11.4. The quantitative estimate of drug-likeness (QED) is 0.0819. The van der Waals surface area contributed by atoms with Gasteiger partial charge < -0.3 is 129 Å². The third-order valence-electron chi connectivity index (χ3n) is 10.3. The van der Waals surface area contributed by atoms with E-state index in [1.165, 1.54) is 0 Å². The van der Waals surface area contributed by atoms with Crippen LogP contribution in [0.3, 0.4) is 0 Å². The molecule has 5 aliphatic heterocycles. The molecule has 5 heterocycles. The molecule has 56 heavy (non-hydrogen) atoms. The van der Waals surface area contributed by atoms with Crippen molar-refractivity contribution in [3.8, 4) is 0 Å². The average molecular weight is 829 g/mol. The first kappa shape index (κ1) is 46.0. The van der Waals surface area contributed by atoms with Gasteiger partial charge in [0.2, 0.25) is 0 Å². The van der Waals surface area contributed by atoms with E-state index in [0.717, 1.165) is 0 Å². The Morgan fingerprint density at radius 1 is 0.304 bits per heavy atom. The number of ether oxygens (including phenoxy) is 9. The van der Waals surface area contributed by atoms with E-state index in [-0.39, 0.29) is 0 Å². The number of hydrogen-bond donors (Lipinski definition) is 17. The summed E-state index contributed by atoms with van der Waals surface area (Å²) in [5, 5.41) is 176. The Kier molecular flexibility index (Phi) is 16.1. The molecule has 0 saturated carbocycles. The predicted octanol–water partition coefficient (Wildman–Crippen LogP) is -11.9. The van der Waals surface area contributed by atoms with Crippen LogP contribution in [-0.2, 0) is 42.6 Å². The molecular formula is C30H52O26. The summed E-state index contributed by atoms with van der Waals surface area (Å²) in [6.07, 6.45) is -46.3. The molecule has 0 aromatic rings. The molecule has 17 N–H and O–H groups in total. The van der Waals surface area contributed by atoms with Gasteiger partial charge in [-0.1, -0.05) is 0 Å². The summed E-state index contributed by atoms with van der Waals surface area (Å²) >= 11 is 0. The second kappa shape index (κ2) is 19.6. The van der Waals surface area contributed by atoms with E-state index in [4.69, 9.17) is 42.6 Å². The van der Waals surface area contributed by atoms with E-state index in [2.05, 4.69) is 0 Å². The summed E-state index contributed by atoms with van der Waals surface area (Å²) in [4.78, 5) is 0. The first-order valence-corrected chi connectivity index (χ1v) is 17.6. The van der Waals surface area contributed by atoms with Gasteiger partial charge in [-0.3, -0.25) is 0 Å². The van der Waals surface area contributed by atoms with Crippen molar-refractivity contribution in [3.63, 3.8) is 0 Å². The minimum Gasteiger partial charge on any atom is -0.394 e. The second-order valence-corrected chi connectivity index (χ2v) is 14.0. The van der Waals surface area contributed by atoms with Gasteiger partial charge in [-0.15, -0.1) is 0 Å². The average Bonchev–Trinajstić information content (AvgIpc) is 3.18. The highest BCUT2D eigenvalue weighted by molar-refractivity contribution is 4.97. The van der Waals surface area contributed by atoms with Crippen molar-refractivity contribution >= 4 is 0 Å². The van der Waals surface area contributed by atoms with E-state index < -0.39 is 187 Å².